The maximum absolute atomic E-state index is 3.87. The van der Waals surface area contributed by atoms with E-state index < -0.39 is 0 Å². The van der Waals surface area contributed by atoms with Gasteiger partial charge in [-0.1, -0.05) is 20.8 Å². The molecule has 0 amide bonds. The molecule has 2 rings (SSSR count). The quantitative estimate of drug-likeness (QED) is 0.687. The van der Waals surface area contributed by atoms with Gasteiger partial charge in [-0.25, -0.2) is 0 Å². The summed E-state index contributed by atoms with van der Waals surface area (Å²) in [5.41, 5.74) is 0.507. The molecular formula is C14H27NS. The molecule has 1 spiro atoms. The SMILES string of the molecule is CC1CCSC2(CCC(C(C)(C)C)CC2)N1. The summed E-state index contributed by atoms with van der Waals surface area (Å²) in [6.07, 6.45) is 6.93. The van der Waals surface area contributed by atoms with Crippen molar-refractivity contribution in [1.82, 2.24) is 5.32 Å². The lowest BCUT2D eigenvalue weighted by atomic mass is 9.71. The fraction of sp³-hybridized carbons (Fsp3) is 1.00. The molecule has 1 atom stereocenters. The minimum absolute atomic E-state index is 0.444. The molecule has 2 heteroatoms. The van der Waals surface area contributed by atoms with Crippen molar-refractivity contribution >= 4 is 11.8 Å². The van der Waals surface area contributed by atoms with Crippen molar-refractivity contribution < 1.29 is 0 Å². The van der Waals surface area contributed by atoms with Gasteiger partial charge in [-0.3, -0.25) is 0 Å². The lowest BCUT2D eigenvalue weighted by Gasteiger charge is -2.47. The third-order valence-electron chi connectivity index (χ3n) is 4.46. The van der Waals surface area contributed by atoms with Crippen LogP contribution in [0.15, 0.2) is 0 Å². The summed E-state index contributed by atoms with van der Waals surface area (Å²) in [6.45, 7) is 9.55. The van der Waals surface area contributed by atoms with Crippen molar-refractivity contribution in [2.75, 3.05) is 5.75 Å². The second-order valence-corrected chi connectivity index (χ2v) is 8.30. The van der Waals surface area contributed by atoms with E-state index in [-0.39, 0.29) is 0 Å². The lowest BCUT2D eigenvalue weighted by Crippen LogP contribution is -2.53. The van der Waals surface area contributed by atoms with Crippen LogP contribution in [0, 0.1) is 11.3 Å². The second kappa shape index (κ2) is 4.53. The zero-order valence-electron chi connectivity index (χ0n) is 11.3. The van der Waals surface area contributed by atoms with E-state index in [0.29, 0.717) is 10.3 Å². The average molecular weight is 241 g/mol. The summed E-state index contributed by atoms with van der Waals surface area (Å²) in [5.74, 6) is 2.28. The minimum Gasteiger partial charge on any atom is -0.300 e. The van der Waals surface area contributed by atoms with Crippen molar-refractivity contribution in [1.29, 1.82) is 0 Å². The highest BCUT2D eigenvalue weighted by molar-refractivity contribution is 8.00. The summed E-state index contributed by atoms with van der Waals surface area (Å²) in [5, 5.41) is 3.87. The molecule has 0 aromatic carbocycles. The standard InChI is InChI=1S/C14H27NS/c1-11-7-10-16-14(15-11)8-5-12(6-9-14)13(2,3)4/h11-12,15H,5-10H2,1-4H3. The molecule has 94 valence electrons. The van der Waals surface area contributed by atoms with Crippen LogP contribution in [0.3, 0.4) is 0 Å². The first kappa shape index (κ1) is 12.8. The molecule has 0 aromatic heterocycles. The van der Waals surface area contributed by atoms with Gasteiger partial charge in [0, 0.05) is 6.04 Å². The fourth-order valence-electron chi connectivity index (χ4n) is 3.23. The van der Waals surface area contributed by atoms with Gasteiger partial charge in [-0.05, 0) is 56.1 Å². The van der Waals surface area contributed by atoms with Gasteiger partial charge in [-0.15, -0.1) is 11.8 Å². The van der Waals surface area contributed by atoms with Crippen molar-refractivity contribution in [2.24, 2.45) is 11.3 Å². The molecule has 0 aromatic rings. The normalized spacial score (nSPS) is 41.2. The number of rotatable bonds is 0. The van der Waals surface area contributed by atoms with E-state index in [9.17, 15) is 0 Å². The zero-order valence-corrected chi connectivity index (χ0v) is 12.1. The Labute approximate surface area is 105 Å². The summed E-state index contributed by atoms with van der Waals surface area (Å²) in [7, 11) is 0. The summed E-state index contributed by atoms with van der Waals surface area (Å²) >= 11 is 2.19. The first-order chi connectivity index (χ1) is 7.41. The molecular weight excluding hydrogens is 214 g/mol. The van der Waals surface area contributed by atoms with Crippen LogP contribution in [0.4, 0.5) is 0 Å². The maximum atomic E-state index is 3.87. The molecule has 0 radical (unpaired) electrons. The zero-order chi connectivity index (χ0) is 11.8. The van der Waals surface area contributed by atoms with Crippen LogP contribution < -0.4 is 5.32 Å². The van der Waals surface area contributed by atoms with Gasteiger partial charge in [-0.2, -0.15) is 0 Å². The van der Waals surface area contributed by atoms with Gasteiger partial charge < -0.3 is 5.32 Å². The van der Waals surface area contributed by atoms with Crippen LogP contribution >= 0.6 is 11.8 Å². The third-order valence-corrected chi connectivity index (χ3v) is 5.98. The highest BCUT2D eigenvalue weighted by Crippen LogP contribution is 2.47. The number of hydrogen-bond donors (Lipinski definition) is 1. The average Bonchev–Trinajstić information content (AvgIpc) is 2.16. The van der Waals surface area contributed by atoms with E-state index in [0.717, 1.165) is 12.0 Å². The van der Waals surface area contributed by atoms with Crippen molar-refractivity contribution in [3.05, 3.63) is 0 Å². The van der Waals surface area contributed by atoms with Gasteiger partial charge in [0.05, 0.1) is 4.87 Å². The Morgan fingerprint density at radius 1 is 1.12 bits per heavy atom. The van der Waals surface area contributed by atoms with E-state index in [1.165, 1.54) is 37.9 Å². The lowest BCUT2D eigenvalue weighted by molar-refractivity contribution is 0.144. The third kappa shape index (κ3) is 2.76. The molecule has 0 bridgehead atoms. The largest absolute Gasteiger partial charge is 0.300 e. The van der Waals surface area contributed by atoms with Crippen molar-refractivity contribution in [3.63, 3.8) is 0 Å². The Kier molecular flexibility index (Phi) is 3.61. The van der Waals surface area contributed by atoms with Crippen LogP contribution in [0.25, 0.3) is 0 Å². The van der Waals surface area contributed by atoms with Gasteiger partial charge in [0.2, 0.25) is 0 Å². The molecule has 2 aliphatic rings. The topological polar surface area (TPSA) is 12.0 Å². The Morgan fingerprint density at radius 3 is 2.25 bits per heavy atom. The Balaban J connectivity index is 1.93. The van der Waals surface area contributed by atoms with E-state index in [1.54, 1.807) is 0 Å². The minimum atomic E-state index is 0.444. The molecule has 16 heavy (non-hydrogen) atoms. The number of thioether (sulfide) groups is 1. The van der Waals surface area contributed by atoms with Gasteiger partial charge in [0.15, 0.2) is 0 Å². The van der Waals surface area contributed by atoms with Crippen LogP contribution in [-0.4, -0.2) is 16.7 Å². The van der Waals surface area contributed by atoms with Gasteiger partial charge >= 0.3 is 0 Å². The molecule has 1 unspecified atom stereocenters. The number of nitrogens with one attached hydrogen (secondary N) is 1. The van der Waals surface area contributed by atoms with Crippen LogP contribution in [0.1, 0.15) is 59.8 Å². The molecule has 1 saturated heterocycles. The fourth-order valence-corrected chi connectivity index (χ4v) is 4.90. The second-order valence-electron chi connectivity index (χ2n) is 6.82. The highest BCUT2D eigenvalue weighted by Gasteiger charge is 2.41. The molecule has 1 saturated carbocycles. The monoisotopic (exact) mass is 241 g/mol. The summed E-state index contributed by atoms with van der Waals surface area (Å²) in [4.78, 5) is 0.444. The maximum Gasteiger partial charge on any atom is 0.0647 e. The van der Waals surface area contributed by atoms with E-state index in [2.05, 4.69) is 44.8 Å². The molecule has 1 aliphatic heterocycles. The summed E-state index contributed by atoms with van der Waals surface area (Å²) < 4.78 is 0. The predicted octanol–water partition coefficient (Wildman–Crippen LogP) is 4.03. The Bertz CT molecular complexity index is 236. The van der Waals surface area contributed by atoms with E-state index in [4.69, 9.17) is 0 Å². The Hall–Kier alpha value is 0.310. The smallest absolute Gasteiger partial charge is 0.0647 e. The van der Waals surface area contributed by atoms with Crippen molar-refractivity contribution in [3.8, 4) is 0 Å². The first-order valence-electron chi connectivity index (χ1n) is 6.83. The molecule has 1 nitrogen and oxygen atoms in total. The number of hydrogen-bond acceptors (Lipinski definition) is 2. The predicted molar refractivity (Wildman–Crippen MR) is 73.8 cm³/mol. The molecule has 2 fully saturated rings. The van der Waals surface area contributed by atoms with E-state index in [1.807, 2.05) is 0 Å². The molecule has 1 N–H and O–H groups in total. The highest BCUT2D eigenvalue weighted by atomic mass is 32.2. The molecule has 1 aliphatic carbocycles. The first-order valence-corrected chi connectivity index (χ1v) is 7.81. The summed E-state index contributed by atoms with van der Waals surface area (Å²) in [6, 6.07) is 0.729. The van der Waals surface area contributed by atoms with Gasteiger partial charge in [0.1, 0.15) is 0 Å². The van der Waals surface area contributed by atoms with Crippen LogP contribution in [0.5, 0.6) is 0 Å². The van der Waals surface area contributed by atoms with Crippen LogP contribution in [0.2, 0.25) is 0 Å². The van der Waals surface area contributed by atoms with Gasteiger partial charge in [0.25, 0.3) is 0 Å². The van der Waals surface area contributed by atoms with Crippen molar-refractivity contribution in [2.45, 2.75) is 70.7 Å². The molecule has 1 heterocycles. The van der Waals surface area contributed by atoms with E-state index >= 15 is 0 Å². The Morgan fingerprint density at radius 2 is 1.75 bits per heavy atom. The van der Waals surface area contributed by atoms with Crippen LogP contribution in [-0.2, 0) is 0 Å².